The Kier molecular flexibility index (Phi) is 6.17. The Hall–Kier alpha value is -2.22. The SMILES string of the molecule is Cc1ccc([C@@H](C)NC(=O)c2ccc(S(=O)(=O)N3CCOCC3)cc2)c(C)c1. The molecule has 1 aliphatic heterocycles. The van der Waals surface area contributed by atoms with Gasteiger partial charge in [0.15, 0.2) is 0 Å². The Balaban J connectivity index is 1.71. The molecular formula is C21H26N2O4S. The molecule has 0 spiro atoms. The van der Waals surface area contributed by atoms with E-state index >= 15 is 0 Å². The van der Waals surface area contributed by atoms with Crippen LogP contribution in [0.5, 0.6) is 0 Å². The summed E-state index contributed by atoms with van der Waals surface area (Å²) in [5, 5.41) is 2.98. The van der Waals surface area contributed by atoms with Crippen LogP contribution >= 0.6 is 0 Å². The molecule has 7 heteroatoms. The maximum atomic E-state index is 12.7. The van der Waals surface area contributed by atoms with Crippen molar-refractivity contribution in [2.24, 2.45) is 0 Å². The van der Waals surface area contributed by atoms with Crippen LogP contribution in [0.4, 0.5) is 0 Å². The lowest BCUT2D eigenvalue weighted by Gasteiger charge is -2.26. The summed E-state index contributed by atoms with van der Waals surface area (Å²) in [6, 6.07) is 12.1. The first-order chi connectivity index (χ1) is 13.3. The zero-order valence-electron chi connectivity index (χ0n) is 16.4. The molecule has 28 heavy (non-hydrogen) atoms. The second kappa shape index (κ2) is 8.43. The molecule has 0 saturated carbocycles. The second-order valence-electron chi connectivity index (χ2n) is 7.10. The van der Waals surface area contributed by atoms with Gasteiger partial charge in [0.1, 0.15) is 0 Å². The topological polar surface area (TPSA) is 75.7 Å². The lowest BCUT2D eigenvalue weighted by atomic mass is 10.00. The average Bonchev–Trinajstić information content (AvgIpc) is 2.68. The molecule has 2 aromatic rings. The number of morpholine rings is 1. The Bertz CT molecular complexity index is 949. The number of sulfonamides is 1. The highest BCUT2D eigenvalue weighted by Crippen LogP contribution is 2.20. The quantitative estimate of drug-likeness (QED) is 0.834. The smallest absolute Gasteiger partial charge is 0.251 e. The van der Waals surface area contributed by atoms with Crippen molar-refractivity contribution >= 4 is 15.9 Å². The zero-order valence-corrected chi connectivity index (χ0v) is 17.3. The fraction of sp³-hybridized carbons (Fsp3) is 0.381. The molecule has 1 N–H and O–H groups in total. The van der Waals surface area contributed by atoms with Crippen LogP contribution in [0, 0.1) is 13.8 Å². The molecule has 1 aliphatic rings. The van der Waals surface area contributed by atoms with Crippen LogP contribution in [0.3, 0.4) is 0 Å². The number of hydrogen-bond acceptors (Lipinski definition) is 4. The predicted octanol–water partition coefficient (Wildman–Crippen LogP) is 2.82. The maximum Gasteiger partial charge on any atom is 0.251 e. The number of nitrogens with zero attached hydrogens (tertiary/aromatic N) is 1. The summed E-state index contributed by atoms with van der Waals surface area (Å²) in [5.74, 6) is -0.234. The molecule has 0 unspecified atom stereocenters. The van der Waals surface area contributed by atoms with Crippen molar-refractivity contribution in [2.75, 3.05) is 26.3 Å². The third-order valence-corrected chi connectivity index (χ3v) is 6.88. The van der Waals surface area contributed by atoms with E-state index in [-0.39, 0.29) is 16.8 Å². The number of amides is 1. The van der Waals surface area contributed by atoms with E-state index in [2.05, 4.69) is 11.4 Å². The van der Waals surface area contributed by atoms with Crippen LogP contribution in [0.25, 0.3) is 0 Å². The van der Waals surface area contributed by atoms with Gasteiger partial charge in [0, 0.05) is 18.7 Å². The lowest BCUT2D eigenvalue weighted by molar-refractivity contribution is 0.0730. The standard InChI is InChI=1S/C21H26N2O4S/c1-15-4-9-20(16(2)14-15)17(3)22-21(24)18-5-7-19(8-6-18)28(25,26)23-10-12-27-13-11-23/h4-9,14,17H,10-13H2,1-3H3,(H,22,24)/t17-/m1/s1. The van der Waals surface area contributed by atoms with Crippen LogP contribution in [0.15, 0.2) is 47.4 Å². The summed E-state index contributed by atoms with van der Waals surface area (Å²) < 4.78 is 32.0. The van der Waals surface area contributed by atoms with Crippen LogP contribution in [0.2, 0.25) is 0 Å². The van der Waals surface area contributed by atoms with Crippen molar-refractivity contribution in [3.8, 4) is 0 Å². The van der Waals surface area contributed by atoms with Crippen molar-refractivity contribution in [2.45, 2.75) is 31.7 Å². The van der Waals surface area contributed by atoms with E-state index in [0.29, 0.717) is 31.9 Å². The summed E-state index contributed by atoms with van der Waals surface area (Å²) in [6.07, 6.45) is 0. The molecule has 0 aliphatic carbocycles. The van der Waals surface area contributed by atoms with Gasteiger partial charge in [-0.2, -0.15) is 4.31 Å². The van der Waals surface area contributed by atoms with Crippen LogP contribution in [-0.4, -0.2) is 44.9 Å². The first-order valence-electron chi connectivity index (χ1n) is 9.35. The van der Waals surface area contributed by atoms with Gasteiger partial charge in [-0.1, -0.05) is 23.8 Å². The zero-order chi connectivity index (χ0) is 20.3. The minimum Gasteiger partial charge on any atom is -0.379 e. The van der Waals surface area contributed by atoms with E-state index in [0.717, 1.165) is 11.1 Å². The van der Waals surface area contributed by atoms with Gasteiger partial charge in [-0.15, -0.1) is 0 Å². The van der Waals surface area contributed by atoms with Gasteiger partial charge < -0.3 is 10.1 Å². The van der Waals surface area contributed by atoms with Gasteiger partial charge >= 0.3 is 0 Å². The average molecular weight is 403 g/mol. The van der Waals surface area contributed by atoms with Gasteiger partial charge in [-0.25, -0.2) is 8.42 Å². The Labute approximate surface area is 166 Å². The van der Waals surface area contributed by atoms with E-state index in [1.165, 1.54) is 22.0 Å². The van der Waals surface area contributed by atoms with Gasteiger partial charge in [-0.05, 0) is 56.2 Å². The fourth-order valence-electron chi connectivity index (χ4n) is 3.38. The fourth-order valence-corrected chi connectivity index (χ4v) is 4.79. The third-order valence-electron chi connectivity index (χ3n) is 4.96. The minimum absolute atomic E-state index is 0.148. The summed E-state index contributed by atoms with van der Waals surface area (Å²) in [4.78, 5) is 12.8. The van der Waals surface area contributed by atoms with E-state index in [4.69, 9.17) is 4.74 Å². The van der Waals surface area contributed by atoms with Crippen LogP contribution in [0.1, 0.15) is 40.0 Å². The maximum absolute atomic E-state index is 12.7. The number of nitrogens with one attached hydrogen (secondary N) is 1. The van der Waals surface area contributed by atoms with E-state index in [1.807, 2.05) is 32.9 Å². The highest BCUT2D eigenvalue weighted by atomic mass is 32.2. The van der Waals surface area contributed by atoms with E-state index in [1.54, 1.807) is 12.1 Å². The number of hydrogen-bond donors (Lipinski definition) is 1. The number of benzene rings is 2. The first-order valence-corrected chi connectivity index (χ1v) is 10.8. The van der Waals surface area contributed by atoms with E-state index in [9.17, 15) is 13.2 Å². The molecule has 0 bridgehead atoms. The van der Waals surface area contributed by atoms with Crippen LogP contribution < -0.4 is 5.32 Å². The normalized spacial score (nSPS) is 16.5. The monoisotopic (exact) mass is 402 g/mol. The number of ether oxygens (including phenoxy) is 1. The molecule has 0 aromatic heterocycles. The number of carbonyl (C=O) groups is 1. The second-order valence-corrected chi connectivity index (χ2v) is 9.03. The molecule has 1 heterocycles. The highest BCUT2D eigenvalue weighted by Gasteiger charge is 2.26. The Morgan fingerprint density at radius 2 is 1.71 bits per heavy atom. The highest BCUT2D eigenvalue weighted by molar-refractivity contribution is 7.89. The number of rotatable bonds is 5. The summed E-state index contributed by atoms with van der Waals surface area (Å²) >= 11 is 0. The molecule has 1 atom stereocenters. The summed E-state index contributed by atoms with van der Waals surface area (Å²) in [6.45, 7) is 7.48. The van der Waals surface area contributed by atoms with Crippen molar-refractivity contribution in [1.82, 2.24) is 9.62 Å². The van der Waals surface area contributed by atoms with Gasteiger partial charge in [0.2, 0.25) is 10.0 Å². The molecule has 3 rings (SSSR count). The molecule has 6 nitrogen and oxygen atoms in total. The first kappa shape index (κ1) is 20.5. The molecule has 1 amide bonds. The lowest BCUT2D eigenvalue weighted by Crippen LogP contribution is -2.40. The van der Waals surface area contributed by atoms with Gasteiger partial charge in [-0.3, -0.25) is 4.79 Å². The van der Waals surface area contributed by atoms with Gasteiger partial charge in [0.05, 0.1) is 24.2 Å². The van der Waals surface area contributed by atoms with Crippen molar-refractivity contribution in [3.05, 3.63) is 64.7 Å². The molecule has 150 valence electrons. The van der Waals surface area contributed by atoms with Gasteiger partial charge in [0.25, 0.3) is 5.91 Å². The molecule has 2 aromatic carbocycles. The number of carbonyl (C=O) groups excluding carboxylic acids is 1. The summed E-state index contributed by atoms with van der Waals surface area (Å²) in [5.41, 5.74) is 3.79. The third kappa shape index (κ3) is 4.43. The van der Waals surface area contributed by atoms with Crippen molar-refractivity contribution in [3.63, 3.8) is 0 Å². The number of aryl methyl sites for hydroxylation is 2. The minimum atomic E-state index is -3.56. The van der Waals surface area contributed by atoms with Crippen molar-refractivity contribution < 1.29 is 17.9 Å². The molecule has 0 radical (unpaired) electrons. The molecule has 1 fully saturated rings. The predicted molar refractivity (Wildman–Crippen MR) is 108 cm³/mol. The van der Waals surface area contributed by atoms with Crippen LogP contribution in [-0.2, 0) is 14.8 Å². The Morgan fingerprint density at radius 3 is 2.32 bits per heavy atom. The Morgan fingerprint density at radius 1 is 1.07 bits per heavy atom. The summed E-state index contributed by atoms with van der Waals surface area (Å²) in [7, 11) is -3.56. The van der Waals surface area contributed by atoms with Crippen molar-refractivity contribution in [1.29, 1.82) is 0 Å². The molecular weight excluding hydrogens is 376 g/mol. The molecule has 1 saturated heterocycles. The van der Waals surface area contributed by atoms with E-state index < -0.39 is 10.0 Å². The largest absolute Gasteiger partial charge is 0.379 e.